The molecule has 2 rings (SSSR count). The van der Waals surface area contributed by atoms with Crippen LogP contribution in [0.4, 0.5) is 13.2 Å². The number of hydrogen-bond donors (Lipinski definition) is 0. The van der Waals surface area contributed by atoms with Crippen LogP contribution in [-0.2, 0) is 19.1 Å². The van der Waals surface area contributed by atoms with Crippen LogP contribution in [0.25, 0.3) is 0 Å². The second-order valence-corrected chi connectivity index (χ2v) is 5.40. The van der Waals surface area contributed by atoms with Gasteiger partial charge in [0, 0.05) is 6.42 Å². The molecule has 0 aromatic heterocycles. The maximum absolute atomic E-state index is 13.0. The van der Waals surface area contributed by atoms with Crippen LogP contribution in [0, 0.1) is 11.3 Å². The molecule has 0 aromatic rings. The number of esters is 2. The lowest BCUT2D eigenvalue weighted by atomic mass is 9.73. The largest absolute Gasteiger partial charge is 0.458 e. The van der Waals surface area contributed by atoms with Crippen molar-refractivity contribution in [3.05, 3.63) is 0 Å². The van der Waals surface area contributed by atoms with Crippen LogP contribution in [0.1, 0.15) is 33.1 Å². The molecule has 2 bridgehead atoms. The molecule has 1 aliphatic carbocycles. The molecule has 2 aliphatic rings. The zero-order valence-electron chi connectivity index (χ0n) is 10.6. The van der Waals surface area contributed by atoms with E-state index in [0.717, 1.165) is 0 Å². The Kier molecular flexibility index (Phi) is 3.26. The molecule has 0 aromatic carbocycles. The molecule has 7 heteroatoms. The van der Waals surface area contributed by atoms with Gasteiger partial charge in [-0.25, -0.2) is 0 Å². The first-order valence-corrected chi connectivity index (χ1v) is 6.16. The highest BCUT2D eigenvalue weighted by Crippen LogP contribution is 2.55. The maximum Gasteiger partial charge on any atom is 0.405 e. The third kappa shape index (κ3) is 2.19. The molecule has 0 N–H and O–H groups in total. The fourth-order valence-corrected chi connectivity index (χ4v) is 2.50. The van der Waals surface area contributed by atoms with Crippen molar-refractivity contribution in [2.45, 2.75) is 51.5 Å². The summed E-state index contributed by atoms with van der Waals surface area (Å²) in [4.78, 5) is 23.0. The summed E-state index contributed by atoms with van der Waals surface area (Å²) in [7, 11) is 0. The lowest BCUT2D eigenvalue weighted by Gasteiger charge is -2.33. The van der Waals surface area contributed by atoms with Crippen LogP contribution < -0.4 is 0 Å². The molecule has 2 fully saturated rings. The van der Waals surface area contributed by atoms with E-state index in [1.54, 1.807) is 13.8 Å². The fraction of sp³-hybridized carbons (Fsp3) is 0.833. The third-order valence-corrected chi connectivity index (χ3v) is 3.75. The first kappa shape index (κ1) is 14.1. The van der Waals surface area contributed by atoms with E-state index in [9.17, 15) is 22.8 Å². The number of carbonyl (C=O) groups excluding carboxylic acids is 2. The van der Waals surface area contributed by atoms with Gasteiger partial charge in [-0.3, -0.25) is 9.59 Å². The standard InChI is InChI=1S/C12H15F3O4/c1-6(2)9(16)18-7-3-4-11(12(13,14)15)5-8(7)19-10(11)17/h6-8H,3-5H2,1-2H3. The normalized spacial score (nSPS) is 34.3. The fourth-order valence-electron chi connectivity index (χ4n) is 2.50. The van der Waals surface area contributed by atoms with E-state index in [2.05, 4.69) is 0 Å². The molecule has 0 amide bonds. The molecule has 1 saturated heterocycles. The van der Waals surface area contributed by atoms with Crippen molar-refractivity contribution < 1.29 is 32.2 Å². The number of halogens is 3. The minimum atomic E-state index is -4.62. The predicted molar refractivity (Wildman–Crippen MR) is 56.9 cm³/mol. The summed E-state index contributed by atoms with van der Waals surface area (Å²) < 4.78 is 48.8. The highest BCUT2D eigenvalue weighted by Gasteiger charge is 2.69. The van der Waals surface area contributed by atoms with Crippen molar-refractivity contribution in [2.24, 2.45) is 11.3 Å². The highest BCUT2D eigenvalue weighted by atomic mass is 19.4. The third-order valence-electron chi connectivity index (χ3n) is 3.75. The molecule has 4 nitrogen and oxygen atoms in total. The van der Waals surface area contributed by atoms with Gasteiger partial charge in [0.1, 0.15) is 12.2 Å². The summed E-state index contributed by atoms with van der Waals surface area (Å²) in [5.41, 5.74) is -2.40. The molecule has 1 aliphatic heterocycles. The Balaban J connectivity index is 2.12. The van der Waals surface area contributed by atoms with E-state index in [1.807, 2.05) is 0 Å². The summed E-state index contributed by atoms with van der Waals surface area (Å²) >= 11 is 0. The summed E-state index contributed by atoms with van der Waals surface area (Å²) in [6.45, 7) is 3.26. The number of hydrogen-bond acceptors (Lipinski definition) is 4. The Labute approximate surface area is 108 Å². The molecule has 0 spiro atoms. The monoisotopic (exact) mass is 280 g/mol. The zero-order chi connectivity index (χ0) is 14.4. The molecule has 108 valence electrons. The van der Waals surface area contributed by atoms with E-state index in [-0.39, 0.29) is 18.8 Å². The first-order chi connectivity index (χ1) is 8.67. The van der Waals surface area contributed by atoms with Crippen LogP contribution in [0.5, 0.6) is 0 Å². The van der Waals surface area contributed by atoms with Crippen LogP contribution >= 0.6 is 0 Å². The van der Waals surface area contributed by atoms with E-state index in [4.69, 9.17) is 9.47 Å². The highest BCUT2D eigenvalue weighted by molar-refractivity contribution is 5.81. The topological polar surface area (TPSA) is 52.6 Å². The molecule has 3 unspecified atom stereocenters. The van der Waals surface area contributed by atoms with E-state index in [0.29, 0.717) is 0 Å². The van der Waals surface area contributed by atoms with Gasteiger partial charge >= 0.3 is 18.1 Å². The first-order valence-electron chi connectivity index (χ1n) is 6.16. The molecule has 3 atom stereocenters. The number of rotatable bonds is 2. The molecule has 19 heavy (non-hydrogen) atoms. The number of alkyl halides is 3. The Bertz CT molecular complexity index is 404. The van der Waals surface area contributed by atoms with Crippen molar-refractivity contribution in [3.8, 4) is 0 Å². The van der Waals surface area contributed by atoms with Crippen molar-refractivity contribution in [1.82, 2.24) is 0 Å². The quantitative estimate of drug-likeness (QED) is 0.728. The van der Waals surface area contributed by atoms with Crippen molar-refractivity contribution in [3.63, 3.8) is 0 Å². The van der Waals surface area contributed by atoms with Crippen molar-refractivity contribution >= 4 is 11.9 Å². The van der Waals surface area contributed by atoms with Crippen LogP contribution in [0.3, 0.4) is 0 Å². The molecular formula is C12H15F3O4. The van der Waals surface area contributed by atoms with Gasteiger partial charge in [0.05, 0.1) is 5.92 Å². The van der Waals surface area contributed by atoms with Gasteiger partial charge in [-0.2, -0.15) is 13.2 Å². The van der Waals surface area contributed by atoms with Crippen molar-refractivity contribution in [2.75, 3.05) is 0 Å². The lowest BCUT2D eigenvalue weighted by Crippen LogP contribution is -2.46. The van der Waals surface area contributed by atoms with Gasteiger partial charge in [0.15, 0.2) is 5.41 Å². The van der Waals surface area contributed by atoms with E-state index < -0.39 is 42.2 Å². The van der Waals surface area contributed by atoms with E-state index >= 15 is 0 Å². The molecule has 1 saturated carbocycles. The smallest absolute Gasteiger partial charge is 0.405 e. The summed E-state index contributed by atoms with van der Waals surface area (Å²) in [6, 6.07) is 0. The Hall–Kier alpha value is -1.27. The second-order valence-electron chi connectivity index (χ2n) is 5.40. The SMILES string of the molecule is CC(C)C(=O)OC1CCC2(C(F)(F)F)CC1OC2=O. The van der Waals surface area contributed by atoms with Crippen molar-refractivity contribution in [1.29, 1.82) is 0 Å². The summed E-state index contributed by atoms with van der Waals surface area (Å²) in [6.07, 6.45) is -7.21. The number of ether oxygens (including phenoxy) is 2. The average molecular weight is 280 g/mol. The Morgan fingerprint density at radius 3 is 2.63 bits per heavy atom. The Morgan fingerprint density at radius 1 is 1.47 bits per heavy atom. The van der Waals surface area contributed by atoms with Crippen LogP contribution in [0.15, 0.2) is 0 Å². The maximum atomic E-state index is 13.0. The zero-order valence-corrected chi connectivity index (χ0v) is 10.6. The van der Waals surface area contributed by atoms with Crippen LogP contribution in [-0.4, -0.2) is 30.3 Å². The molecule has 0 radical (unpaired) electrons. The summed E-state index contributed by atoms with van der Waals surface area (Å²) in [5.74, 6) is -2.10. The molecular weight excluding hydrogens is 265 g/mol. The number of carbonyl (C=O) groups is 2. The van der Waals surface area contributed by atoms with Gasteiger partial charge in [-0.05, 0) is 12.8 Å². The van der Waals surface area contributed by atoms with E-state index in [1.165, 1.54) is 0 Å². The lowest BCUT2D eigenvalue weighted by molar-refractivity contribution is -0.227. The van der Waals surface area contributed by atoms with Gasteiger partial charge in [-0.1, -0.05) is 13.8 Å². The minimum absolute atomic E-state index is 0.00558. The average Bonchev–Trinajstić information content (AvgIpc) is 2.56. The van der Waals surface area contributed by atoms with Gasteiger partial charge < -0.3 is 9.47 Å². The van der Waals surface area contributed by atoms with Gasteiger partial charge in [0.25, 0.3) is 0 Å². The van der Waals surface area contributed by atoms with Crippen LogP contribution in [0.2, 0.25) is 0 Å². The minimum Gasteiger partial charge on any atom is -0.458 e. The second kappa shape index (κ2) is 4.38. The number of fused-ring (bicyclic) bond motifs is 2. The van der Waals surface area contributed by atoms with Gasteiger partial charge in [0.2, 0.25) is 0 Å². The Morgan fingerprint density at radius 2 is 2.11 bits per heavy atom. The molecule has 1 heterocycles. The predicted octanol–water partition coefficient (Wildman–Crippen LogP) is 2.21. The van der Waals surface area contributed by atoms with Gasteiger partial charge in [-0.15, -0.1) is 0 Å². The summed E-state index contributed by atoms with van der Waals surface area (Å²) in [5, 5.41) is 0.